The molecule has 6 nitrogen and oxygen atoms in total. The van der Waals surface area contributed by atoms with E-state index in [0.717, 1.165) is 6.07 Å². The van der Waals surface area contributed by atoms with Crippen LogP contribution in [-0.4, -0.2) is 33.0 Å². The Balaban J connectivity index is 1.92. The van der Waals surface area contributed by atoms with Gasteiger partial charge in [0.1, 0.15) is 0 Å². The molecule has 0 unspecified atom stereocenters. The molecule has 0 aromatic heterocycles. The van der Waals surface area contributed by atoms with Crippen LogP contribution in [0.4, 0.5) is 0 Å². The number of hydrogen-bond donors (Lipinski definition) is 4. The molecule has 2 rings (SSSR count). The summed E-state index contributed by atoms with van der Waals surface area (Å²) < 4.78 is 5.02. The zero-order chi connectivity index (χ0) is 15.4. The van der Waals surface area contributed by atoms with Crippen LogP contribution < -0.4 is 0 Å². The van der Waals surface area contributed by atoms with Crippen molar-refractivity contribution >= 4 is 5.97 Å². The smallest absolute Gasteiger partial charge is 0.338 e. The maximum absolute atomic E-state index is 11.7. The summed E-state index contributed by atoms with van der Waals surface area (Å²) in [6.45, 7) is 0.0741. The highest BCUT2D eigenvalue weighted by molar-refractivity contribution is 5.90. The normalized spacial score (nSPS) is 10.3. The average Bonchev–Trinajstić information content (AvgIpc) is 2.45. The molecule has 2 aromatic rings. The average molecular weight is 290 g/mol. The fourth-order valence-corrected chi connectivity index (χ4v) is 1.72. The van der Waals surface area contributed by atoms with Gasteiger partial charge in [0, 0.05) is 6.42 Å². The Bertz CT molecular complexity index is 665. The maximum Gasteiger partial charge on any atom is 0.338 e. The highest BCUT2D eigenvalue weighted by Gasteiger charge is 2.10. The summed E-state index contributed by atoms with van der Waals surface area (Å²) in [5, 5.41) is 37.0. The summed E-state index contributed by atoms with van der Waals surface area (Å²) in [7, 11) is 0. The third-order valence-corrected chi connectivity index (χ3v) is 2.87. The molecule has 4 N–H and O–H groups in total. The molecular formula is C15H14O6. The van der Waals surface area contributed by atoms with E-state index in [9.17, 15) is 20.1 Å². The first-order valence-corrected chi connectivity index (χ1v) is 6.17. The SMILES string of the molecule is O=C(OCCc1ccc(O)c(O)c1)c1ccc(O)c(O)c1. The Labute approximate surface area is 120 Å². The monoisotopic (exact) mass is 290 g/mol. The van der Waals surface area contributed by atoms with Crippen LogP contribution in [-0.2, 0) is 11.2 Å². The topological polar surface area (TPSA) is 107 Å². The molecule has 0 bridgehead atoms. The Morgan fingerprint density at radius 3 is 2.10 bits per heavy atom. The van der Waals surface area contributed by atoms with Crippen LogP contribution in [0.2, 0.25) is 0 Å². The summed E-state index contributed by atoms with van der Waals surface area (Å²) in [6.07, 6.45) is 0.365. The minimum absolute atomic E-state index is 0.0741. The van der Waals surface area contributed by atoms with E-state index >= 15 is 0 Å². The standard InChI is InChI=1S/C15H14O6/c16-11-3-1-9(7-13(11)18)5-6-21-15(20)10-2-4-12(17)14(19)8-10/h1-4,7-8,16-19H,5-6H2. The van der Waals surface area contributed by atoms with Gasteiger partial charge in [-0.1, -0.05) is 6.07 Å². The molecule has 2 aromatic carbocycles. The number of hydrogen-bond acceptors (Lipinski definition) is 6. The van der Waals surface area contributed by atoms with Gasteiger partial charge in [0.25, 0.3) is 0 Å². The van der Waals surface area contributed by atoms with Crippen LogP contribution in [0.15, 0.2) is 36.4 Å². The quantitative estimate of drug-likeness (QED) is 0.506. The van der Waals surface area contributed by atoms with E-state index in [1.165, 1.54) is 24.3 Å². The van der Waals surface area contributed by atoms with Crippen LogP contribution in [0, 0.1) is 0 Å². The van der Waals surface area contributed by atoms with Crippen LogP contribution in [0.25, 0.3) is 0 Å². The summed E-state index contributed by atoms with van der Waals surface area (Å²) in [5.74, 6) is -1.79. The number of carbonyl (C=O) groups excluding carboxylic acids is 1. The lowest BCUT2D eigenvalue weighted by atomic mass is 10.1. The summed E-state index contributed by atoms with van der Waals surface area (Å²) in [4.78, 5) is 11.7. The van der Waals surface area contributed by atoms with Crippen molar-refractivity contribution in [2.45, 2.75) is 6.42 Å². The minimum atomic E-state index is -0.631. The van der Waals surface area contributed by atoms with E-state index in [1.807, 2.05) is 0 Å². The predicted octanol–water partition coefficient (Wildman–Crippen LogP) is 1.91. The predicted molar refractivity (Wildman–Crippen MR) is 73.5 cm³/mol. The van der Waals surface area contributed by atoms with E-state index in [1.54, 1.807) is 6.07 Å². The number of benzene rings is 2. The zero-order valence-corrected chi connectivity index (χ0v) is 11.0. The minimum Gasteiger partial charge on any atom is -0.504 e. The van der Waals surface area contributed by atoms with Gasteiger partial charge < -0.3 is 25.2 Å². The first-order valence-electron chi connectivity index (χ1n) is 6.17. The molecule has 0 saturated carbocycles. The number of aromatic hydroxyl groups is 4. The molecule has 0 radical (unpaired) electrons. The van der Waals surface area contributed by atoms with Gasteiger partial charge in [0.2, 0.25) is 0 Å². The van der Waals surface area contributed by atoms with Crippen molar-refractivity contribution in [1.29, 1.82) is 0 Å². The van der Waals surface area contributed by atoms with Gasteiger partial charge in [0.15, 0.2) is 23.0 Å². The lowest BCUT2D eigenvalue weighted by Crippen LogP contribution is -2.08. The summed E-state index contributed by atoms with van der Waals surface area (Å²) >= 11 is 0. The van der Waals surface area contributed by atoms with E-state index in [4.69, 9.17) is 9.84 Å². The van der Waals surface area contributed by atoms with Gasteiger partial charge in [-0.2, -0.15) is 0 Å². The van der Waals surface area contributed by atoms with Crippen LogP contribution in [0.1, 0.15) is 15.9 Å². The number of esters is 1. The van der Waals surface area contributed by atoms with Crippen molar-refractivity contribution in [1.82, 2.24) is 0 Å². The number of rotatable bonds is 4. The van der Waals surface area contributed by atoms with Gasteiger partial charge in [0.05, 0.1) is 12.2 Å². The summed E-state index contributed by atoms with van der Waals surface area (Å²) in [5.41, 5.74) is 0.825. The fourth-order valence-electron chi connectivity index (χ4n) is 1.72. The largest absolute Gasteiger partial charge is 0.504 e. The van der Waals surface area contributed by atoms with Crippen LogP contribution in [0.5, 0.6) is 23.0 Å². The second kappa shape index (κ2) is 6.04. The number of phenols is 4. The van der Waals surface area contributed by atoms with Gasteiger partial charge in [-0.15, -0.1) is 0 Å². The third kappa shape index (κ3) is 3.56. The van der Waals surface area contributed by atoms with Crippen molar-refractivity contribution < 1.29 is 30.0 Å². The van der Waals surface area contributed by atoms with E-state index in [0.29, 0.717) is 12.0 Å². The molecular weight excluding hydrogens is 276 g/mol. The molecule has 0 aliphatic rings. The Kier molecular flexibility index (Phi) is 4.18. The molecule has 0 atom stereocenters. The number of phenolic OH excluding ortho intramolecular Hbond substituents is 4. The maximum atomic E-state index is 11.7. The lowest BCUT2D eigenvalue weighted by molar-refractivity contribution is 0.0509. The van der Waals surface area contributed by atoms with Gasteiger partial charge in [-0.25, -0.2) is 4.79 Å². The van der Waals surface area contributed by atoms with Crippen molar-refractivity contribution in [3.8, 4) is 23.0 Å². The lowest BCUT2D eigenvalue weighted by Gasteiger charge is -2.07. The molecule has 0 aliphatic heterocycles. The van der Waals surface area contributed by atoms with Crippen molar-refractivity contribution in [2.24, 2.45) is 0 Å². The molecule has 0 spiro atoms. The van der Waals surface area contributed by atoms with Crippen LogP contribution in [0.3, 0.4) is 0 Å². The van der Waals surface area contributed by atoms with Gasteiger partial charge in [-0.3, -0.25) is 0 Å². The highest BCUT2D eigenvalue weighted by Crippen LogP contribution is 2.26. The molecule has 0 amide bonds. The van der Waals surface area contributed by atoms with Crippen LogP contribution >= 0.6 is 0 Å². The van der Waals surface area contributed by atoms with Crippen molar-refractivity contribution in [3.05, 3.63) is 47.5 Å². The van der Waals surface area contributed by atoms with Gasteiger partial charge >= 0.3 is 5.97 Å². The van der Waals surface area contributed by atoms with Crippen molar-refractivity contribution in [3.63, 3.8) is 0 Å². The van der Waals surface area contributed by atoms with E-state index < -0.39 is 11.7 Å². The number of carbonyl (C=O) groups is 1. The fraction of sp³-hybridized carbons (Fsp3) is 0.133. The molecule has 21 heavy (non-hydrogen) atoms. The molecule has 0 aliphatic carbocycles. The first-order chi connectivity index (χ1) is 9.97. The number of ether oxygens (including phenoxy) is 1. The molecule has 6 heteroatoms. The Hall–Kier alpha value is -2.89. The summed E-state index contributed by atoms with van der Waals surface area (Å²) in [6, 6.07) is 7.99. The zero-order valence-electron chi connectivity index (χ0n) is 11.0. The Morgan fingerprint density at radius 1 is 0.857 bits per heavy atom. The first kappa shape index (κ1) is 14.5. The molecule has 110 valence electrons. The van der Waals surface area contributed by atoms with Gasteiger partial charge in [-0.05, 0) is 35.9 Å². The van der Waals surface area contributed by atoms with E-state index in [2.05, 4.69) is 0 Å². The second-order valence-electron chi connectivity index (χ2n) is 4.41. The Morgan fingerprint density at radius 2 is 1.48 bits per heavy atom. The molecule has 0 fully saturated rings. The van der Waals surface area contributed by atoms with Crippen molar-refractivity contribution in [2.75, 3.05) is 6.61 Å². The van der Waals surface area contributed by atoms with E-state index in [-0.39, 0.29) is 29.4 Å². The molecule has 0 heterocycles. The second-order valence-corrected chi connectivity index (χ2v) is 4.41. The highest BCUT2D eigenvalue weighted by atomic mass is 16.5. The third-order valence-electron chi connectivity index (χ3n) is 2.87. The molecule has 0 saturated heterocycles.